The Morgan fingerprint density at radius 3 is 3.00 bits per heavy atom. The standard InChI is InChI=1S/C10H13BrN2O2/c1-6-8(12)4-13(10(14)9(6)11)7-2-3-15-5-7/h4,7H,2-3,5,12H2,1H3. The third kappa shape index (κ3) is 1.81. The number of aromatic nitrogens is 1. The van der Waals surface area contributed by atoms with Gasteiger partial charge in [-0.2, -0.15) is 0 Å². The maximum absolute atomic E-state index is 11.9. The van der Waals surface area contributed by atoms with Crippen LogP contribution in [0.5, 0.6) is 0 Å². The highest BCUT2D eigenvalue weighted by Gasteiger charge is 2.20. The van der Waals surface area contributed by atoms with E-state index in [1.807, 2.05) is 6.92 Å². The van der Waals surface area contributed by atoms with Gasteiger partial charge in [-0.15, -0.1) is 0 Å². The van der Waals surface area contributed by atoms with E-state index in [1.165, 1.54) is 0 Å². The Kier molecular flexibility index (Phi) is 2.84. The van der Waals surface area contributed by atoms with E-state index in [4.69, 9.17) is 10.5 Å². The highest BCUT2D eigenvalue weighted by atomic mass is 79.9. The van der Waals surface area contributed by atoms with E-state index in [0.717, 1.165) is 12.0 Å². The maximum Gasteiger partial charge on any atom is 0.265 e. The molecule has 1 fully saturated rings. The van der Waals surface area contributed by atoms with Crippen LogP contribution in [-0.4, -0.2) is 17.8 Å². The summed E-state index contributed by atoms with van der Waals surface area (Å²) in [5, 5.41) is 0. The molecule has 1 aromatic heterocycles. The first-order chi connectivity index (χ1) is 7.11. The molecule has 1 aliphatic rings. The van der Waals surface area contributed by atoms with Crippen LogP contribution in [0.3, 0.4) is 0 Å². The summed E-state index contributed by atoms with van der Waals surface area (Å²) in [7, 11) is 0. The van der Waals surface area contributed by atoms with Gasteiger partial charge in [-0.05, 0) is 34.8 Å². The molecule has 0 saturated carbocycles. The lowest BCUT2D eigenvalue weighted by Gasteiger charge is -2.14. The Balaban J connectivity index is 2.52. The lowest BCUT2D eigenvalue weighted by molar-refractivity contribution is 0.186. The average Bonchev–Trinajstić information content (AvgIpc) is 2.73. The van der Waals surface area contributed by atoms with Gasteiger partial charge in [-0.25, -0.2) is 0 Å². The Morgan fingerprint density at radius 2 is 2.40 bits per heavy atom. The Bertz CT molecular complexity index is 436. The van der Waals surface area contributed by atoms with E-state index in [9.17, 15) is 4.79 Å². The molecule has 0 spiro atoms. The Hall–Kier alpha value is -0.810. The van der Waals surface area contributed by atoms with Crippen molar-refractivity contribution in [2.75, 3.05) is 18.9 Å². The zero-order chi connectivity index (χ0) is 11.0. The first-order valence-corrected chi connectivity index (χ1v) is 5.65. The predicted octanol–water partition coefficient (Wildman–Crippen LogP) is 1.46. The minimum atomic E-state index is -0.0304. The smallest absolute Gasteiger partial charge is 0.265 e. The van der Waals surface area contributed by atoms with Gasteiger partial charge in [0.1, 0.15) is 0 Å². The number of nitrogens with zero attached hydrogens (tertiary/aromatic N) is 1. The van der Waals surface area contributed by atoms with Gasteiger partial charge in [0, 0.05) is 12.8 Å². The Labute approximate surface area is 96.2 Å². The minimum Gasteiger partial charge on any atom is -0.397 e. The molecule has 0 aromatic carbocycles. The largest absolute Gasteiger partial charge is 0.397 e. The van der Waals surface area contributed by atoms with Crippen molar-refractivity contribution in [3.8, 4) is 0 Å². The van der Waals surface area contributed by atoms with Crippen molar-refractivity contribution in [3.05, 3.63) is 26.6 Å². The van der Waals surface area contributed by atoms with Crippen molar-refractivity contribution in [3.63, 3.8) is 0 Å². The summed E-state index contributed by atoms with van der Waals surface area (Å²) < 4.78 is 7.48. The zero-order valence-electron chi connectivity index (χ0n) is 8.50. The molecule has 1 unspecified atom stereocenters. The quantitative estimate of drug-likeness (QED) is 0.842. The van der Waals surface area contributed by atoms with Crippen LogP contribution in [0.2, 0.25) is 0 Å². The molecule has 1 saturated heterocycles. The second-order valence-corrected chi connectivity index (χ2v) is 4.55. The third-order valence-electron chi connectivity index (χ3n) is 2.76. The van der Waals surface area contributed by atoms with Crippen LogP contribution >= 0.6 is 15.9 Å². The van der Waals surface area contributed by atoms with E-state index in [0.29, 0.717) is 23.4 Å². The molecule has 0 aliphatic carbocycles. The summed E-state index contributed by atoms with van der Waals surface area (Å²) in [6.07, 6.45) is 2.58. The summed E-state index contributed by atoms with van der Waals surface area (Å²) in [5.41, 5.74) is 7.23. The van der Waals surface area contributed by atoms with E-state index >= 15 is 0 Å². The molecule has 15 heavy (non-hydrogen) atoms. The van der Waals surface area contributed by atoms with Crippen LogP contribution in [0.4, 0.5) is 5.69 Å². The van der Waals surface area contributed by atoms with Crippen molar-refractivity contribution < 1.29 is 4.74 Å². The number of halogens is 1. The predicted molar refractivity (Wildman–Crippen MR) is 62.0 cm³/mol. The lowest BCUT2D eigenvalue weighted by atomic mass is 10.2. The van der Waals surface area contributed by atoms with Crippen LogP contribution in [0, 0.1) is 6.92 Å². The fourth-order valence-electron chi connectivity index (χ4n) is 1.72. The van der Waals surface area contributed by atoms with Crippen molar-refractivity contribution in [2.24, 2.45) is 0 Å². The Morgan fingerprint density at radius 1 is 1.67 bits per heavy atom. The molecular formula is C10H13BrN2O2. The number of anilines is 1. The molecule has 2 rings (SSSR count). The van der Waals surface area contributed by atoms with Gasteiger partial charge < -0.3 is 15.0 Å². The SMILES string of the molecule is Cc1c(N)cn(C2CCOC2)c(=O)c1Br. The van der Waals surface area contributed by atoms with Crippen molar-refractivity contribution in [2.45, 2.75) is 19.4 Å². The summed E-state index contributed by atoms with van der Waals surface area (Å²) in [5.74, 6) is 0. The molecule has 1 aromatic rings. The molecule has 1 atom stereocenters. The van der Waals surface area contributed by atoms with Crippen molar-refractivity contribution in [1.29, 1.82) is 0 Å². The number of hydrogen-bond donors (Lipinski definition) is 1. The molecule has 82 valence electrons. The van der Waals surface area contributed by atoms with Crippen molar-refractivity contribution >= 4 is 21.6 Å². The molecule has 0 amide bonds. The first-order valence-electron chi connectivity index (χ1n) is 4.85. The molecule has 5 heteroatoms. The van der Waals surface area contributed by atoms with Crippen molar-refractivity contribution in [1.82, 2.24) is 4.57 Å². The highest BCUT2D eigenvalue weighted by Crippen LogP contribution is 2.22. The van der Waals surface area contributed by atoms with E-state index < -0.39 is 0 Å². The van der Waals surface area contributed by atoms with Crippen LogP contribution < -0.4 is 11.3 Å². The molecular weight excluding hydrogens is 260 g/mol. The normalized spacial score (nSPS) is 20.8. The number of nitrogen functional groups attached to an aromatic ring is 1. The van der Waals surface area contributed by atoms with Gasteiger partial charge in [0.05, 0.1) is 22.8 Å². The molecule has 0 radical (unpaired) electrons. The van der Waals surface area contributed by atoms with Crippen LogP contribution in [0.1, 0.15) is 18.0 Å². The highest BCUT2D eigenvalue weighted by molar-refractivity contribution is 9.10. The topological polar surface area (TPSA) is 57.2 Å². The van der Waals surface area contributed by atoms with Crippen LogP contribution in [0.25, 0.3) is 0 Å². The van der Waals surface area contributed by atoms with Crippen LogP contribution in [-0.2, 0) is 4.74 Å². The van der Waals surface area contributed by atoms with Gasteiger partial charge in [0.15, 0.2) is 0 Å². The van der Waals surface area contributed by atoms with Gasteiger partial charge in [-0.1, -0.05) is 0 Å². The van der Waals surface area contributed by atoms with E-state index in [2.05, 4.69) is 15.9 Å². The molecule has 0 bridgehead atoms. The third-order valence-corrected chi connectivity index (χ3v) is 3.70. The second kappa shape index (κ2) is 3.98. The number of pyridine rings is 1. The van der Waals surface area contributed by atoms with Gasteiger partial charge in [0.25, 0.3) is 5.56 Å². The van der Waals surface area contributed by atoms with E-state index in [1.54, 1.807) is 10.8 Å². The maximum atomic E-state index is 11.9. The lowest BCUT2D eigenvalue weighted by Crippen LogP contribution is -2.26. The average molecular weight is 273 g/mol. The number of ether oxygens (including phenoxy) is 1. The van der Waals surface area contributed by atoms with Gasteiger partial charge in [0.2, 0.25) is 0 Å². The minimum absolute atomic E-state index is 0.0304. The molecule has 1 aliphatic heterocycles. The summed E-state index contributed by atoms with van der Waals surface area (Å²) in [6, 6.07) is 0.122. The molecule has 2 heterocycles. The first kappa shape index (κ1) is 10.7. The molecule has 4 nitrogen and oxygen atoms in total. The van der Waals surface area contributed by atoms with Gasteiger partial charge >= 0.3 is 0 Å². The summed E-state index contributed by atoms with van der Waals surface area (Å²) in [4.78, 5) is 11.9. The number of rotatable bonds is 1. The fraction of sp³-hybridized carbons (Fsp3) is 0.500. The monoisotopic (exact) mass is 272 g/mol. The second-order valence-electron chi connectivity index (χ2n) is 3.75. The molecule has 2 N–H and O–H groups in total. The van der Waals surface area contributed by atoms with E-state index in [-0.39, 0.29) is 11.6 Å². The summed E-state index contributed by atoms with van der Waals surface area (Å²) in [6.45, 7) is 3.13. The van der Waals surface area contributed by atoms with Gasteiger partial charge in [-0.3, -0.25) is 4.79 Å². The fourth-order valence-corrected chi connectivity index (χ4v) is 2.15. The summed E-state index contributed by atoms with van der Waals surface area (Å²) >= 11 is 3.27. The number of hydrogen-bond acceptors (Lipinski definition) is 3. The van der Waals surface area contributed by atoms with Crippen LogP contribution in [0.15, 0.2) is 15.5 Å². The zero-order valence-corrected chi connectivity index (χ0v) is 10.1. The number of nitrogens with two attached hydrogens (primary N) is 1.